The van der Waals surface area contributed by atoms with Crippen molar-refractivity contribution in [1.29, 1.82) is 0 Å². The summed E-state index contributed by atoms with van der Waals surface area (Å²) < 4.78 is 24.7. The third-order valence-electron chi connectivity index (χ3n) is 2.42. The molecule has 17 heavy (non-hydrogen) atoms. The van der Waals surface area contributed by atoms with Crippen LogP contribution in [-0.2, 0) is 16.4 Å². The van der Waals surface area contributed by atoms with Gasteiger partial charge < -0.3 is 5.73 Å². The molecule has 0 saturated heterocycles. The highest BCUT2D eigenvalue weighted by Gasteiger charge is 2.20. The fraction of sp³-hybridized carbons (Fsp3) is 0.0833. The minimum atomic E-state index is -3.50. The number of nitrogens with zero attached hydrogens (tertiary/aromatic N) is 1. The molecule has 4 nitrogen and oxygen atoms in total. The second kappa shape index (κ2) is 4.65. The van der Waals surface area contributed by atoms with E-state index >= 15 is 0 Å². The molecule has 2 N–H and O–H groups in total. The van der Waals surface area contributed by atoms with Gasteiger partial charge in [0.15, 0.2) is 0 Å². The SMILES string of the molecule is NCc1cnccc1S(=O)(=O)c1ccccc1. The van der Waals surface area contributed by atoms with Crippen LogP contribution < -0.4 is 5.73 Å². The van der Waals surface area contributed by atoms with Crippen LogP contribution in [-0.4, -0.2) is 13.4 Å². The van der Waals surface area contributed by atoms with E-state index < -0.39 is 9.84 Å². The molecule has 0 aliphatic carbocycles. The van der Waals surface area contributed by atoms with Crippen LogP contribution in [0.5, 0.6) is 0 Å². The van der Waals surface area contributed by atoms with E-state index in [1.807, 2.05) is 0 Å². The first-order valence-corrected chi connectivity index (χ1v) is 6.57. The molecule has 0 aliphatic heterocycles. The Labute approximate surface area is 100 Å². The Morgan fingerprint density at radius 3 is 2.47 bits per heavy atom. The van der Waals surface area contributed by atoms with E-state index in [1.165, 1.54) is 18.5 Å². The van der Waals surface area contributed by atoms with Crippen LogP contribution in [0.25, 0.3) is 0 Å². The third kappa shape index (κ3) is 2.20. The predicted molar refractivity (Wildman–Crippen MR) is 64.0 cm³/mol. The molecule has 1 heterocycles. The van der Waals surface area contributed by atoms with Crippen molar-refractivity contribution in [2.75, 3.05) is 0 Å². The minimum absolute atomic E-state index is 0.148. The Bertz CT molecular complexity index is 609. The predicted octanol–water partition coefficient (Wildman–Crippen LogP) is 1.37. The second-order valence-electron chi connectivity index (χ2n) is 3.50. The van der Waals surface area contributed by atoms with Crippen LogP contribution in [0.4, 0.5) is 0 Å². The molecule has 0 radical (unpaired) electrons. The summed E-state index contributed by atoms with van der Waals surface area (Å²) in [7, 11) is -3.50. The van der Waals surface area contributed by atoms with Crippen molar-refractivity contribution in [3.05, 3.63) is 54.4 Å². The van der Waals surface area contributed by atoms with Gasteiger partial charge in [0.05, 0.1) is 9.79 Å². The Kier molecular flexibility index (Phi) is 3.21. The zero-order chi connectivity index (χ0) is 12.3. The number of benzene rings is 1. The van der Waals surface area contributed by atoms with Gasteiger partial charge in [0.1, 0.15) is 0 Å². The van der Waals surface area contributed by atoms with Crippen molar-refractivity contribution in [2.45, 2.75) is 16.3 Å². The van der Waals surface area contributed by atoms with Gasteiger partial charge in [-0.15, -0.1) is 0 Å². The zero-order valence-electron chi connectivity index (χ0n) is 9.08. The first-order valence-electron chi connectivity index (χ1n) is 5.09. The summed E-state index contributed by atoms with van der Waals surface area (Å²) in [6.07, 6.45) is 2.94. The summed E-state index contributed by atoms with van der Waals surface area (Å²) in [4.78, 5) is 4.37. The lowest BCUT2D eigenvalue weighted by Gasteiger charge is -2.08. The van der Waals surface area contributed by atoms with Crippen molar-refractivity contribution in [3.63, 3.8) is 0 Å². The van der Waals surface area contributed by atoms with E-state index in [0.717, 1.165) is 0 Å². The average molecular weight is 248 g/mol. The van der Waals surface area contributed by atoms with Gasteiger partial charge >= 0.3 is 0 Å². The van der Waals surface area contributed by atoms with E-state index in [-0.39, 0.29) is 16.3 Å². The lowest BCUT2D eigenvalue weighted by Crippen LogP contribution is -2.09. The van der Waals surface area contributed by atoms with Crippen LogP contribution >= 0.6 is 0 Å². The Morgan fingerprint density at radius 2 is 1.82 bits per heavy atom. The van der Waals surface area contributed by atoms with E-state index in [9.17, 15) is 8.42 Å². The fourth-order valence-corrected chi connectivity index (χ4v) is 3.05. The highest BCUT2D eigenvalue weighted by Crippen LogP contribution is 2.22. The molecule has 0 unspecified atom stereocenters. The van der Waals surface area contributed by atoms with E-state index in [2.05, 4.69) is 4.98 Å². The number of hydrogen-bond donors (Lipinski definition) is 1. The van der Waals surface area contributed by atoms with Crippen LogP contribution in [0.1, 0.15) is 5.56 Å². The Balaban J connectivity index is 2.61. The maximum atomic E-state index is 12.3. The van der Waals surface area contributed by atoms with Crippen molar-refractivity contribution >= 4 is 9.84 Å². The minimum Gasteiger partial charge on any atom is -0.326 e. The molecule has 1 aromatic carbocycles. The topological polar surface area (TPSA) is 73.0 Å². The number of rotatable bonds is 3. The van der Waals surface area contributed by atoms with Crippen molar-refractivity contribution in [2.24, 2.45) is 5.73 Å². The molecule has 88 valence electrons. The Morgan fingerprint density at radius 1 is 1.12 bits per heavy atom. The molecule has 0 amide bonds. The molecule has 2 rings (SSSR count). The molecule has 0 atom stereocenters. The molecular weight excluding hydrogens is 236 g/mol. The largest absolute Gasteiger partial charge is 0.326 e. The lowest BCUT2D eigenvalue weighted by molar-refractivity contribution is 0.594. The number of pyridine rings is 1. The molecule has 0 aliphatic rings. The molecule has 0 spiro atoms. The number of nitrogens with two attached hydrogens (primary N) is 1. The quantitative estimate of drug-likeness (QED) is 0.890. The van der Waals surface area contributed by atoms with Gasteiger partial charge in [0, 0.05) is 24.5 Å². The maximum Gasteiger partial charge on any atom is 0.207 e. The van der Waals surface area contributed by atoms with Crippen molar-refractivity contribution < 1.29 is 8.42 Å². The summed E-state index contributed by atoms with van der Waals surface area (Å²) in [5, 5.41) is 0. The highest BCUT2D eigenvalue weighted by molar-refractivity contribution is 7.91. The van der Waals surface area contributed by atoms with Crippen LogP contribution in [0.3, 0.4) is 0 Å². The summed E-state index contributed by atoms with van der Waals surface area (Å²) in [6, 6.07) is 9.76. The normalized spacial score (nSPS) is 11.4. The lowest BCUT2D eigenvalue weighted by atomic mass is 10.3. The fourth-order valence-electron chi connectivity index (χ4n) is 1.56. The van der Waals surface area contributed by atoms with E-state index in [0.29, 0.717) is 5.56 Å². The monoisotopic (exact) mass is 248 g/mol. The van der Waals surface area contributed by atoms with Gasteiger partial charge in [-0.2, -0.15) is 0 Å². The van der Waals surface area contributed by atoms with Gasteiger partial charge in [0.25, 0.3) is 0 Å². The van der Waals surface area contributed by atoms with Crippen LogP contribution in [0.2, 0.25) is 0 Å². The van der Waals surface area contributed by atoms with Crippen LogP contribution in [0.15, 0.2) is 58.6 Å². The van der Waals surface area contributed by atoms with Gasteiger partial charge in [-0.25, -0.2) is 8.42 Å². The third-order valence-corrected chi connectivity index (χ3v) is 4.29. The highest BCUT2D eigenvalue weighted by atomic mass is 32.2. The standard InChI is InChI=1S/C12H12N2O2S/c13-8-10-9-14-7-6-12(10)17(15,16)11-4-2-1-3-5-11/h1-7,9H,8,13H2. The Hall–Kier alpha value is -1.72. The molecule has 0 fully saturated rings. The number of aromatic nitrogens is 1. The summed E-state index contributed by atoms with van der Waals surface area (Å²) in [6.45, 7) is 0.148. The molecule has 0 bridgehead atoms. The van der Waals surface area contributed by atoms with Gasteiger partial charge in [-0.1, -0.05) is 18.2 Å². The molecule has 0 saturated carbocycles. The van der Waals surface area contributed by atoms with Gasteiger partial charge in [-0.3, -0.25) is 4.98 Å². The first kappa shape index (κ1) is 11.8. The maximum absolute atomic E-state index is 12.3. The number of sulfone groups is 1. The average Bonchev–Trinajstić information content (AvgIpc) is 2.39. The molecule has 2 aromatic rings. The van der Waals surface area contributed by atoms with Gasteiger partial charge in [-0.05, 0) is 18.2 Å². The number of hydrogen-bond acceptors (Lipinski definition) is 4. The van der Waals surface area contributed by atoms with E-state index in [1.54, 1.807) is 30.3 Å². The summed E-state index contributed by atoms with van der Waals surface area (Å²) in [5.41, 5.74) is 6.05. The molecular formula is C12H12N2O2S. The van der Waals surface area contributed by atoms with Crippen molar-refractivity contribution in [3.8, 4) is 0 Å². The van der Waals surface area contributed by atoms with Crippen molar-refractivity contribution in [1.82, 2.24) is 4.98 Å². The first-order chi connectivity index (χ1) is 8.16. The molecule has 5 heteroatoms. The molecule has 1 aromatic heterocycles. The van der Waals surface area contributed by atoms with Gasteiger partial charge in [0.2, 0.25) is 9.84 Å². The summed E-state index contributed by atoms with van der Waals surface area (Å²) >= 11 is 0. The summed E-state index contributed by atoms with van der Waals surface area (Å²) in [5.74, 6) is 0. The second-order valence-corrected chi connectivity index (χ2v) is 5.42. The smallest absolute Gasteiger partial charge is 0.207 e. The van der Waals surface area contributed by atoms with Crippen LogP contribution in [0, 0.1) is 0 Å². The zero-order valence-corrected chi connectivity index (χ0v) is 9.89. The van der Waals surface area contributed by atoms with E-state index in [4.69, 9.17) is 5.73 Å².